The SMILES string of the molecule is CCC(=O)OC(c1ccccc1)(c1ccccc1)c1ccccc1. The van der Waals surface area contributed by atoms with Gasteiger partial charge in [-0.05, 0) is 0 Å². The first-order valence-corrected chi connectivity index (χ1v) is 8.16. The molecule has 120 valence electrons. The van der Waals surface area contributed by atoms with Crippen molar-refractivity contribution in [3.8, 4) is 0 Å². The van der Waals surface area contributed by atoms with Crippen molar-refractivity contribution >= 4 is 5.97 Å². The summed E-state index contributed by atoms with van der Waals surface area (Å²) in [6, 6.07) is 29.7. The van der Waals surface area contributed by atoms with Gasteiger partial charge in [-0.3, -0.25) is 4.79 Å². The predicted octanol–water partition coefficient (Wildman–Crippen LogP) is 4.93. The van der Waals surface area contributed by atoms with E-state index in [9.17, 15) is 4.79 Å². The summed E-state index contributed by atoms with van der Waals surface area (Å²) in [6.45, 7) is 1.81. The van der Waals surface area contributed by atoms with Crippen LogP contribution >= 0.6 is 0 Å². The topological polar surface area (TPSA) is 26.3 Å². The Hall–Kier alpha value is -2.87. The maximum Gasteiger partial charge on any atom is 0.307 e. The Balaban J connectivity index is 2.30. The van der Waals surface area contributed by atoms with E-state index in [4.69, 9.17) is 4.74 Å². The van der Waals surface area contributed by atoms with Gasteiger partial charge in [0.2, 0.25) is 0 Å². The molecule has 0 heterocycles. The van der Waals surface area contributed by atoms with E-state index in [1.54, 1.807) is 0 Å². The molecule has 0 aliphatic carbocycles. The van der Waals surface area contributed by atoms with E-state index in [2.05, 4.69) is 0 Å². The molecule has 0 atom stereocenters. The fourth-order valence-corrected chi connectivity index (χ4v) is 2.94. The van der Waals surface area contributed by atoms with Gasteiger partial charge in [0.05, 0.1) is 0 Å². The van der Waals surface area contributed by atoms with Crippen LogP contribution in [0.25, 0.3) is 0 Å². The van der Waals surface area contributed by atoms with E-state index in [0.29, 0.717) is 6.42 Å². The van der Waals surface area contributed by atoms with Gasteiger partial charge in [-0.2, -0.15) is 0 Å². The van der Waals surface area contributed by atoms with Gasteiger partial charge >= 0.3 is 5.97 Å². The summed E-state index contributed by atoms with van der Waals surface area (Å²) < 4.78 is 6.11. The zero-order chi connectivity index (χ0) is 16.8. The predicted molar refractivity (Wildman–Crippen MR) is 95.6 cm³/mol. The van der Waals surface area contributed by atoms with Gasteiger partial charge in [-0.25, -0.2) is 0 Å². The number of rotatable bonds is 5. The van der Waals surface area contributed by atoms with E-state index in [0.717, 1.165) is 16.7 Å². The zero-order valence-electron chi connectivity index (χ0n) is 13.7. The van der Waals surface area contributed by atoms with Crippen LogP contribution < -0.4 is 0 Å². The number of ether oxygens (including phenoxy) is 1. The second-order valence-electron chi connectivity index (χ2n) is 5.61. The number of carbonyl (C=O) groups is 1. The van der Waals surface area contributed by atoms with Crippen LogP contribution in [0.1, 0.15) is 30.0 Å². The molecule has 3 aromatic rings. The lowest BCUT2D eigenvalue weighted by molar-refractivity contribution is -0.153. The molecular formula is C22H20O2. The maximum atomic E-state index is 12.3. The Kier molecular flexibility index (Phi) is 4.76. The molecular weight excluding hydrogens is 296 g/mol. The minimum atomic E-state index is -0.948. The van der Waals surface area contributed by atoms with Crippen LogP contribution in [0.15, 0.2) is 91.0 Å². The Labute approximate surface area is 142 Å². The second kappa shape index (κ2) is 7.14. The van der Waals surface area contributed by atoms with Crippen molar-refractivity contribution in [2.45, 2.75) is 18.9 Å². The van der Waals surface area contributed by atoms with Crippen LogP contribution in [0, 0.1) is 0 Å². The van der Waals surface area contributed by atoms with Crippen LogP contribution in [0.4, 0.5) is 0 Å². The molecule has 0 aromatic heterocycles. The molecule has 0 amide bonds. The monoisotopic (exact) mass is 316 g/mol. The summed E-state index contributed by atoms with van der Waals surface area (Å²) in [6.07, 6.45) is 0.328. The third-order valence-electron chi connectivity index (χ3n) is 4.10. The average Bonchev–Trinajstić information content (AvgIpc) is 2.68. The van der Waals surface area contributed by atoms with Crippen LogP contribution in [-0.4, -0.2) is 5.97 Å². The minimum absolute atomic E-state index is 0.230. The Morgan fingerprint density at radius 1 is 0.708 bits per heavy atom. The maximum absolute atomic E-state index is 12.3. The molecule has 2 nitrogen and oxygen atoms in total. The molecule has 0 fully saturated rings. The standard InChI is InChI=1S/C22H20O2/c1-2-21(23)24-22(18-12-6-3-7-13-18,19-14-8-4-9-15-19)20-16-10-5-11-17-20/h3-17H,2H2,1H3. The number of hydrogen-bond acceptors (Lipinski definition) is 2. The van der Waals surface area contributed by atoms with Crippen molar-refractivity contribution in [1.29, 1.82) is 0 Å². The first-order chi connectivity index (χ1) is 11.8. The smallest absolute Gasteiger partial charge is 0.307 e. The van der Waals surface area contributed by atoms with Gasteiger partial charge in [0.25, 0.3) is 0 Å². The lowest BCUT2D eigenvalue weighted by atomic mass is 9.80. The fourth-order valence-electron chi connectivity index (χ4n) is 2.94. The molecule has 0 saturated carbocycles. The van der Waals surface area contributed by atoms with Crippen LogP contribution in [0.2, 0.25) is 0 Å². The lowest BCUT2D eigenvalue weighted by Crippen LogP contribution is -2.35. The van der Waals surface area contributed by atoms with Crippen LogP contribution in [0.3, 0.4) is 0 Å². The lowest BCUT2D eigenvalue weighted by Gasteiger charge is -2.35. The average molecular weight is 316 g/mol. The Bertz CT molecular complexity index is 683. The van der Waals surface area contributed by atoms with Gasteiger partial charge in [-0.15, -0.1) is 0 Å². The summed E-state index contributed by atoms with van der Waals surface area (Å²) in [5, 5.41) is 0. The molecule has 0 radical (unpaired) electrons. The van der Waals surface area contributed by atoms with Crippen molar-refractivity contribution < 1.29 is 9.53 Å². The summed E-state index contributed by atoms with van der Waals surface area (Å²) in [7, 11) is 0. The summed E-state index contributed by atoms with van der Waals surface area (Å²) in [4.78, 5) is 12.3. The highest BCUT2D eigenvalue weighted by molar-refractivity contribution is 5.71. The molecule has 0 aliphatic rings. The molecule has 0 spiro atoms. The van der Waals surface area contributed by atoms with Gasteiger partial charge in [0.1, 0.15) is 0 Å². The zero-order valence-corrected chi connectivity index (χ0v) is 13.7. The minimum Gasteiger partial charge on any atom is -0.444 e. The summed E-state index contributed by atoms with van der Waals surface area (Å²) in [5.41, 5.74) is 1.86. The summed E-state index contributed by atoms with van der Waals surface area (Å²) in [5.74, 6) is -0.230. The van der Waals surface area contributed by atoms with E-state index in [1.807, 2.05) is 97.9 Å². The van der Waals surface area contributed by atoms with E-state index in [-0.39, 0.29) is 5.97 Å². The van der Waals surface area contributed by atoms with Crippen molar-refractivity contribution in [2.75, 3.05) is 0 Å². The van der Waals surface area contributed by atoms with Crippen molar-refractivity contribution in [3.63, 3.8) is 0 Å². The molecule has 0 N–H and O–H groups in total. The highest BCUT2D eigenvalue weighted by atomic mass is 16.6. The molecule has 3 rings (SSSR count). The van der Waals surface area contributed by atoms with E-state index < -0.39 is 5.60 Å². The molecule has 0 saturated heterocycles. The number of hydrogen-bond donors (Lipinski definition) is 0. The molecule has 0 bridgehead atoms. The van der Waals surface area contributed by atoms with E-state index >= 15 is 0 Å². The number of esters is 1. The van der Waals surface area contributed by atoms with Gasteiger partial charge < -0.3 is 4.74 Å². The molecule has 0 unspecified atom stereocenters. The highest BCUT2D eigenvalue weighted by Crippen LogP contribution is 2.40. The van der Waals surface area contributed by atoms with Gasteiger partial charge in [-0.1, -0.05) is 97.9 Å². The van der Waals surface area contributed by atoms with Crippen molar-refractivity contribution in [3.05, 3.63) is 108 Å². The number of carbonyl (C=O) groups excluding carboxylic acids is 1. The first-order valence-electron chi connectivity index (χ1n) is 8.16. The van der Waals surface area contributed by atoms with Crippen LogP contribution in [-0.2, 0) is 15.1 Å². The molecule has 0 aliphatic heterocycles. The normalized spacial score (nSPS) is 11.0. The second-order valence-corrected chi connectivity index (χ2v) is 5.61. The Morgan fingerprint density at radius 3 is 1.33 bits per heavy atom. The molecule has 3 aromatic carbocycles. The Morgan fingerprint density at radius 2 is 1.04 bits per heavy atom. The van der Waals surface area contributed by atoms with Gasteiger partial charge in [0.15, 0.2) is 5.60 Å². The highest BCUT2D eigenvalue weighted by Gasteiger charge is 2.39. The molecule has 2 heteroatoms. The third-order valence-corrected chi connectivity index (χ3v) is 4.10. The fraction of sp³-hybridized carbons (Fsp3) is 0.136. The van der Waals surface area contributed by atoms with E-state index in [1.165, 1.54) is 0 Å². The summed E-state index contributed by atoms with van der Waals surface area (Å²) >= 11 is 0. The van der Waals surface area contributed by atoms with Crippen molar-refractivity contribution in [1.82, 2.24) is 0 Å². The van der Waals surface area contributed by atoms with Crippen LogP contribution in [0.5, 0.6) is 0 Å². The quantitative estimate of drug-likeness (QED) is 0.493. The van der Waals surface area contributed by atoms with Gasteiger partial charge in [0, 0.05) is 23.1 Å². The largest absolute Gasteiger partial charge is 0.444 e. The number of benzene rings is 3. The third kappa shape index (κ3) is 2.95. The first kappa shape index (κ1) is 16.0. The molecule has 24 heavy (non-hydrogen) atoms. The van der Waals surface area contributed by atoms with Crippen molar-refractivity contribution in [2.24, 2.45) is 0 Å².